The first kappa shape index (κ1) is 52.2. The van der Waals surface area contributed by atoms with Crippen LogP contribution in [0.4, 0.5) is 4.32 Å². The Hall–Kier alpha value is -0.165. The number of hydrogen-bond donors (Lipinski definition) is 0. The van der Waals surface area contributed by atoms with Gasteiger partial charge in [0.1, 0.15) is 7.40 Å². The summed E-state index contributed by atoms with van der Waals surface area (Å²) in [5, 5.41) is 16.6. The van der Waals surface area contributed by atoms with E-state index in [9.17, 15) is 4.32 Å². The minimum absolute atomic E-state index is 1.12. The molecule has 0 fully saturated rings. The van der Waals surface area contributed by atoms with Crippen molar-refractivity contribution < 1.29 is 23.3 Å². The van der Waals surface area contributed by atoms with E-state index in [-0.39, 0.29) is 0 Å². The number of quaternary nitrogens is 2. The molecular weight excluding hydrogens is 594 g/mol. The summed E-state index contributed by atoms with van der Waals surface area (Å²) in [6.07, 6.45) is 46.7. The lowest BCUT2D eigenvalue weighted by Crippen LogP contribution is -2.39. The highest BCUT2D eigenvalue weighted by molar-refractivity contribution is 6.27. The van der Waals surface area contributed by atoms with E-state index in [1.807, 2.05) is 0 Å². The normalized spacial score (nSPS) is 11.6. The fourth-order valence-corrected chi connectivity index (χ4v) is 6.27. The van der Waals surface area contributed by atoms with Gasteiger partial charge in [-0.1, -0.05) is 194 Å². The standard InChI is InChI=1S/2C21H46N.BFO2/c2*1-5-6-7-8-9-10-11-12-13-14-15-16-17-18-19-20-21-22(2,3)4;2-1(3)4/h2*5-21H2,1-4H3;/q2*+1;-2. The first-order valence-electron chi connectivity index (χ1n) is 21.4. The van der Waals surface area contributed by atoms with Crippen molar-refractivity contribution in [3.63, 3.8) is 0 Å². The predicted molar refractivity (Wildman–Crippen MR) is 212 cm³/mol. The molecule has 0 bridgehead atoms. The summed E-state index contributed by atoms with van der Waals surface area (Å²) in [5.41, 5.74) is 0. The summed E-state index contributed by atoms with van der Waals surface area (Å²) in [7, 11) is 10.6. The van der Waals surface area contributed by atoms with Gasteiger partial charge >= 0.3 is 0 Å². The lowest BCUT2D eigenvalue weighted by atomic mass is 10.0. The third-order valence-electron chi connectivity index (χ3n) is 9.36. The van der Waals surface area contributed by atoms with Crippen LogP contribution in [0.3, 0.4) is 0 Å². The number of rotatable bonds is 34. The molecule has 0 aromatic rings. The molecule has 0 amide bonds. The average molecular weight is 687 g/mol. The van der Waals surface area contributed by atoms with Gasteiger partial charge in [0.25, 0.3) is 0 Å². The topological polar surface area (TPSA) is 46.1 Å². The van der Waals surface area contributed by atoms with Crippen LogP contribution in [-0.4, -0.2) is 71.7 Å². The predicted octanol–water partition coefficient (Wildman–Crippen LogP) is 11.6. The molecule has 0 aliphatic rings. The van der Waals surface area contributed by atoms with E-state index in [2.05, 4.69) is 56.1 Å². The summed E-state index contributed by atoms with van der Waals surface area (Å²) < 4.78 is 12.1. The van der Waals surface area contributed by atoms with Crippen LogP contribution in [0.5, 0.6) is 0 Å². The summed E-state index contributed by atoms with van der Waals surface area (Å²) in [6.45, 7) is 7.26. The molecule has 0 aliphatic carbocycles. The first-order valence-corrected chi connectivity index (χ1v) is 21.4. The van der Waals surface area contributed by atoms with Crippen molar-refractivity contribution in [3.05, 3.63) is 0 Å². The Kier molecular flexibility index (Phi) is 44.9. The van der Waals surface area contributed by atoms with Crippen molar-refractivity contribution in [2.45, 2.75) is 219 Å². The molecule has 4 nitrogen and oxygen atoms in total. The zero-order valence-corrected chi connectivity index (χ0v) is 34.7. The lowest BCUT2D eigenvalue weighted by Gasteiger charge is -2.23. The van der Waals surface area contributed by atoms with Crippen molar-refractivity contribution in [2.75, 3.05) is 55.4 Å². The Bertz CT molecular complexity index is 518. The molecule has 6 heteroatoms. The molecule has 0 aliphatic heterocycles. The summed E-state index contributed by atoms with van der Waals surface area (Å²) in [6, 6.07) is 0. The van der Waals surface area contributed by atoms with Gasteiger partial charge in [-0.05, 0) is 25.7 Å². The zero-order valence-electron chi connectivity index (χ0n) is 34.7. The third kappa shape index (κ3) is 64.4. The van der Waals surface area contributed by atoms with Gasteiger partial charge in [-0.3, -0.25) is 0 Å². The summed E-state index contributed by atoms with van der Waals surface area (Å²) in [5.74, 6) is 0. The molecule has 0 saturated carbocycles. The van der Waals surface area contributed by atoms with E-state index in [1.165, 1.54) is 219 Å². The average Bonchev–Trinajstić information content (AvgIpc) is 2.99. The van der Waals surface area contributed by atoms with Crippen LogP contribution in [0.1, 0.15) is 219 Å². The van der Waals surface area contributed by atoms with Crippen molar-refractivity contribution in [3.8, 4) is 0 Å². The van der Waals surface area contributed by atoms with Crippen molar-refractivity contribution in [1.29, 1.82) is 0 Å². The molecule has 0 heterocycles. The maximum atomic E-state index is 9.89. The highest BCUT2D eigenvalue weighted by Crippen LogP contribution is 2.15. The van der Waals surface area contributed by atoms with Gasteiger partial charge < -0.3 is 23.3 Å². The van der Waals surface area contributed by atoms with Crippen LogP contribution in [-0.2, 0) is 0 Å². The monoisotopic (exact) mass is 687 g/mol. The minimum Gasteiger partial charge on any atom is -0.867 e. The lowest BCUT2D eigenvalue weighted by molar-refractivity contribution is -0.870. The smallest absolute Gasteiger partial charge is 0.121 e. The number of nitrogens with zero attached hydrogens (tertiary/aromatic N) is 2. The first-order chi connectivity index (χ1) is 22.9. The second kappa shape index (κ2) is 41.3. The van der Waals surface area contributed by atoms with Crippen LogP contribution in [0, 0.1) is 0 Å². The number of unbranched alkanes of at least 4 members (excludes halogenated alkanes) is 30. The van der Waals surface area contributed by atoms with Gasteiger partial charge in [0, 0.05) is 0 Å². The molecule has 0 aromatic carbocycles. The molecule has 292 valence electrons. The fourth-order valence-electron chi connectivity index (χ4n) is 6.27. The van der Waals surface area contributed by atoms with E-state index < -0.39 is 7.40 Å². The van der Waals surface area contributed by atoms with Gasteiger partial charge in [-0.15, -0.1) is 0 Å². The second-order valence-electron chi connectivity index (χ2n) is 16.9. The Balaban J connectivity index is -0.000000758. The maximum Gasteiger partial charge on any atom is 0.121 e. The molecule has 0 radical (unpaired) electrons. The molecule has 0 aromatic heterocycles. The SMILES string of the molecule is CCCCCCCCCCCCCCCCCC[N+](C)(C)C.CCCCCCCCCCCCCCCCCC[N+](C)(C)C.[O-]B([O-])F. The highest BCUT2D eigenvalue weighted by Gasteiger charge is 2.06. The Morgan fingerprint density at radius 1 is 0.312 bits per heavy atom. The van der Waals surface area contributed by atoms with E-state index in [4.69, 9.17) is 10.0 Å². The van der Waals surface area contributed by atoms with Gasteiger partial charge in [-0.2, -0.15) is 0 Å². The van der Waals surface area contributed by atoms with Crippen molar-refractivity contribution in [1.82, 2.24) is 0 Å². The fraction of sp³-hybridized carbons (Fsp3) is 1.00. The molecule has 0 saturated heterocycles. The van der Waals surface area contributed by atoms with Gasteiger partial charge in [-0.25, -0.2) is 0 Å². The Labute approximate surface area is 304 Å². The largest absolute Gasteiger partial charge is 0.867 e. The minimum atomic E-state index is -3.17. The van der Waals surface area contributed by atoms with Crippen LogP contribution in [0.15, 0.2) is 0 Å². The molecule has 0 rings (SSSR count). The Morgan fingerprint density at radius 2 is 0.438 bits per heavy atom. The van der Waals surface area contributed by atoms with E-state index in [1.54, 1.807) is 0 Å². The van der Waals surface area contributed by atoms with Crippen LogP contribution in [0.2, 0.25) is 0 Å². The van der Waals surface area contributed by atoms with Crippen LogP contribution < -0.4 is 10.0 Å². The number of halogens is 1. The van der Waals surface area contributed by atoms with Gasteiger partial charge in [0.15, 0.2) is 0 Å². The van der Waals surface area contributed by atoms with Crippen LogP contribution >= 0.6 is 0 Å². The molecular formula is C42H92BFN2O2. The molecule has 48 heavy (non-hydrogen) atoms. The van der Waals surface area contributed by atoms with Gasteiger partial charge in [0.05, 0.1) is 55.4 Å². The van der Waals surface area contributed by atoms with Gasteiger partial charge in [0.2, 0.25) is 0 Å². The van der Waals surface area contributed by atoms with E-state index in [0.29, 0.717) is 0 Å². The summed E-state index contributed by atoms with van der Waals surface area (Å²) in [4.78, 5) is 0. The second-order valence-corrected chi connectivity index (χ2v) is 16.9. The van der Waals surface area contributed by atoms with Crippen molar-refractivity contribution >= 4 is 7.40 Å². The Morgan fingerprint density at radius 3 is 0.562 bits per heavy atom. The van der Waals surface area contributed by atoms with Crippen LogP contribution in [0.25, 0.3) is 0 Å². The van der Waals surface area contributed by atoms with E-state index >= 15 is 0 Å². The summed E-state index contributed by atoms with van der Waals surface area (Å²) >= 11 is 0. The highest BCUT2D eigenvalue weighted by atomic mass is 19.1. The van der Waals surface area contributed by atoms with Crippen molar-refractivity contribution in [2.24, 2.45) is 0 Å². The molecule has 0 atom stereocenters. The maximum absolute atomic E-state index is 9.89. The molecule has 0 unspecified atom stereocenters. The molecule has 0 N–H and O–H groups in total. The zero-order chi connectivity index (χ0) is 36.6. The third-order valence-corrected chi connectivity index (χ3v) is 9.36. The quantitative estimate of drug-likeness (QED) is 0.0384. The molecule has 0 spiro atoms. The number of hydrogen-bond acceptors (Lipinski definition) is 2. The van der Waals surface area contributed by atoms with E-state index in [0.717, 1.165) is 8.97 Å².